The zero-order chi connectivity index (χ0) is 36.6. The number of aryl methyl sites for hydroxylation is 1. The van der Waals surface area contributed by atoms with Crippen LogP contribution in [0.3, 0.4) is 0 Å². The number of rotatable bonds is 21. The van der Waals surface area contributed by atoms with Crippen LogP contribution < -0.4 is 9.46 Å². The summed E-state index contributed by atoms with van der Waals surface area (Å²) >= 11 is 0.903. The molecule has 52 heavy (non-hydrogen) atoms. The van der Waals surface area contributed by atoms with Crippen LogP contribution in [-0.4, -0.2) is 82.7 Å². The summed E-state index contributed by atoms with van der Waals surface area (Å²) in [7, 11) is -2.38. The monoisotopic (exact) mass is 745 g/mol. The number of benzene rings is 3. The summed E-state index contributed by atoms with van der Waals surface area (Å²) < 4.78 is 65.7. The largest absolute Gasteiger partial charge is 0.455 e. The molecule has 13 nitrogen and oxygen atoms in total. The molecule has 0 fully saturated rings. The van der Waals surface area contributed by atoms with E-state index in [0.29, 0.717) is 64.3 Å². The minimum absolute atomic E-state index is 0.0402. The van der Waals surface area contributed by atoms with Gasteiger partial charge in [-0.25, -0.2) is 13.4 Å². The lowest BCUT2D eigenvalue weighted by Gasteiger charge is -2.16. The highest BCUT2D eigenvalue weighted by Crippen LogP contribution is 2.38. The molecule has 0 radical (unpaired) electrons. The van der Waals surface area contributed by atoms with Gasteiger partial charge >= 0.3 is 0 Å². The number of ether oxygens (including phenoxy) is 6. The van der Waals surface area contributed by atoms with Gasteiger partial charge in [0.25, 0.3) is 10.0 Å². The first-order valence-electron chi connectivity index (χ1n) is 16.3. The molecule has 1 N–H and O–H groups in total. The van der Waals surface area contributed by atoms with Gasteiger partial charge in [0.05, 0.1) is 75.6 Å². The normalized spacial score (nSPS) is 11.3. The number of methoxy groups -OCH3 is 1. The SMILES string of the molecule is COCCOCCOCCOCCOCc1cc(-c2cc(-c3cccc(C)c3)ccc2Oc2ccc(S(=O)(=O)Nc3ncns3)cc2C#N)ccn1. The van der Waals surface area contributed by atoms with Gasteiger partial charge in [-0.2, -0.15) is 9.64 Å². The third-order valence-corrected chi connectivity index (χ3v) is 9.49. The van der Waals surface area contributed by atoms with Crippen molar-refractivity contribution in [3.63, 3.8) is 0 Å². The van der Waals surface area contributed by atoms with Crippen LogP contribution in [0.1, 0.15) is 16.8 Å². The third-order valence-electron chi connectivity index (χ3n) is 7.44. The Morgan fingerprint density at radius 1 is 0.769 bits per heavy atom. The molecule has 0 bridgehead atoms. The number of anilines is 1. The molecule has 2 heterocycles. The van der Waals surface area contributed by atoms with E-state index in [9.17, 15) is 13.7 Å². The zero-order valence-corrected chi connectivity index (χ0v) is 30.5. The number of sulfonamides is 1. The zero-order valence-electron chi connectivity index (χ0n) is 28.8. The smallest absolute Gasteiger partial charge is 0.263 e. The number of pyridine rings is 1. The van der Waals surface area contributed by atoms with E-state index < -0.39 is 10.0 Å². The fourth-order valence-corrected chi connectivity index (χ4v) is 6.60. The predicted molar refractivity (Wildman–Crippen MR) is 196 cm³/mol. The highest BCUT2D eigenvalue weighted by atomic mass is 32.2. The topological polar surface area (TPSA) is 164 Å². The lowest BCUT2D eigenvalue weighted by molar-refractivity contribution is -0.00973. The number of nitrogens with zero attached hydrogens (tertiary/aromatic N) is 4. The lowest BCUT2D eigenvalue weighted by Crippen LogP contribution is -2.13. The summed E-state index contributed by atoms with van der Waals surface area (Å²) in [6.45, 7) is 6.09. The maximum Gasteiger partial charge on any atom is 0.263 e. The van der Waals surface area contributed by atoms with Crippen LogP contribution in [0.5, 0.6) is 11.5 Å². The number of hydrogen-bond acceptors (Lipinski definition) is 13. The summed E-state index contributed by atoms with van der Waals surface area (Å²) in [5, 5.41) is 10.1. The second-order valence-electron chi connectivity index (χ2n) is 11.2. The molecule has 0 saturated heterocycles. The number of nitriles is 1. The Balaban J connectivity index is 1.27. The predicted octanol–water partition coefficient (Wildman–Crippen LogP) is 6.25. The highest BCUT2D eigenvalue weighted by Gasteiger charge is 2.20. The average Bonchev–Trinajstić information content (AvgIpc) is 3.66. The second-order valence-corrected chi connectivity index (χ2v) is 13.7. The second kappa shape index (κ2) is 19.7. The molecule has 0 aliphatic rings. The van der Waals surface area contributed by atoms with E-state index in [4.69, 9.17) is 28.4 Å². The van der Waals surface area contributed by atoms with Gasteiger partial charge in [-0.3, -0.25) is 9.71 Å². The molecule has 15 heteroatoms. The van der Waals surface area contributed by atoms with Crippen LogP contribution >= 0.6 is 11.5 Å². The summed E-state index contributed by atoms with van der Waals surface area (Å²) in [6, 6.07) is 23.9. The van der Waals surface area contributed by atoms with Gasteiger partial charge in [0.2, 0.25) is 5.13 Å². The van der Waals surface area contributed by atoms with Crippen molar-refractivity contribution in [1.82, 2.24) is 14.3 Å². The highest BCUT2D eigenvalue weighted by molar-refractivity contribution is 7.93. The fraction of sp³-hybridized carbons (Fsp3) is 0.297. The van der Waals surface area contributed by atoms with Gasteiger partial charge < -0.3 is 28.4 Å². The van der Waals surface area contributed by atoms with Crippen molar-refractivity contribution in [1.29, 1.82) is 5.26 Å². The lowest BCUT2D eigenvalue weighted by atomic mass is 9.97. The maximum atomic E-state index is 13.0. The van der Waals surface area contributed by atoms with Crippen LogP contribution in [-0.2, 0) is 40.3 Å². The van der Waals surface area contributed by atoms with Gasteiger partial charge in [-0.1, -0.05) is 35.9 Å². The number of nitrogens with one attached hydrogen (secondary N) is 1. The van der Waals surface area contributed by atoms with E-state index >= 15 is 0 Å². The van der Waals surface area contributed by atoms with E-state index in [1.165, 1.54) is 24.5 Å². The van der Waals surface area contributed by atoms with Crippen LogP contribution in [0.15, 0.2) is 90.2 Å². The van der Waals surface area contributed by atoms with Crippen molar-refractivity contribution < 1.29 is 36.8 Å². The molecule has 272 valence electrons. The minimum atomic E-state index is -4.01. The van der Waals surface area contributed by atoms with Gasteiger partial charge in [-0.05, 0) is 66.1 Å². The summed E-state index contributed by atoms with van der Waals surface area (Å²) in [4.78, 5) is 8.25. The molecular formula is C37H39N5O8S2. The van der Waals surface area contributed by atoms with Gasteiger partial charge in [0.15, 0.2) is 0 Å². The van der Waals surface area contributed by atoms with Gasteiger partial charge in [0.1, 0.15) is 23.9 Å². The molecular weight excluding hydrogens is 707 g/mol. The first-order chi connectivity index (χ1) is 25.4. The maximum absolute atomic E-state index is 13.0. The molecule has 0 atom stereocenters. The molecule has 5 aromatic rings. The molecule has 0 unspecified atom stereocenters. The van der Waals surface area contributed by atoms with E-state index in [-0.39, 0.29) is 27.9 Å². The Morgan fingerprint density at radius 2 is 1.48 bits per heavy atom. The Labute approximate surface area is 307 Å². The van der Waals surface area contributed by atoms with Crippen molar-refractivity contribution in [3.8, 4) is 39.8 Å². The Morgan fingerprint density at radius 3 is 2.17 bits per heavy atom. The molecule has 0 saturated carbocycles. The first-order valence-corrected chi connectivity index (χ1v) is 18.6. The van der Waals surface area contributed by atoms with E-state index in [0.717, 1.165) is 39.3 Å². The van der Waals surface area contributed by atoms with Crippen molar-refractivity contribution in [2.24, 2.45) is 0 Å². The van der Waals surface area contributed by atoms with Crippen LogP contribution in [0.25, 0.3) is 22.3 Å². The first kappa shape index (κ1) is 38.4. The van der Waals surface area contributed by atoms with Crippen LogP contribution in [0, 0.1) is 18.3 Å². The Bertz CT molecular complexity index is 2040. The van der Waals surface area contributed by atoms with Gasteiger partial charge in [0, 0.05) is 30.4 Å². The number of hydrogen-bond donors (Lipinski definition) is 1. The van der Waals surface area contributed by atoms with Crippen LogP contribution in [0.2, 0.25) is 0 Å². The molecule has 5 rings (SSSR count). The van der Waals surface area contributed by atoms with E-state index in [1.807, 2.05) is 55.5 Å². The van der Waals surface area contributed by atoms with Crippen LogP contribution in [0.4, 0.5) is 5.13 Å². The molecule has 0 aliphatic carbocycles. The average molecular weight is 746 g/mol. The summed E-state index contributed by atoms with van der Waals surface area (Å²) in [5.74, 6) is 0.658. The molecule has 0 amide bonds. The fourth-order valence-electron chi connectivity index (χ4n) is 4.92. The Hall–Kier alpha value is -4.79. The molecule has 0 aliphatic heterocycles. The quantitative estimate of drug-likeness (QED) is 0.0841. The van der Waals surface area contributed by atoms with E-state index in [1.54, 1.807) is 13.3 Å². The van der Waals surface area contributed by atoms with Crippen molar-refractivity contribution >= 4 is 26.7 Å². The molecule has 0 spiro atoms. The third kappa shape index (κ3) is 11.4. The van der Waals surface area contributed by atoms with Crippen molar-refractivity contribution in [2.45, 2.75) is 18.4 Å². The standard InChI is InChI=1S/C37H39N5O8S2/c1-27-4-3-5-28(20-27)29-6-8-36(50-35-9-7-33(22-31(35)24-38)52(43,44)42-37-40-26-41-51-37)34(23-29)30-10-11-39-32(21-30)25-49-19-18-48-17-16-47-15-14-46-13-12-45-2/h3-11,20-23,26H,12-19,25H2,1-2H3,(H,40,41,42). The Kier molecular flexibility index (Phi) is 14.6. The molecule has 3 aromatic carbocycles. The van der Waals surface area contributed by atoms with Crippen molar-refractivity contribution in [3.05, 3.63) is 102 Å². The van der Waals surface area contributed by atoms with E-state index in [2.05, 4.69) is 31.2 Å². The molecule has 2 aromatic heterocycles. The minimum Gasteiger partial charge on any atom is -0.455 e. The summed E-state index contributed by atoms with van der Waals surface area (Å²) in [5.41, 5.74) is 5.42. The van der Waals surface area contributed by atoms with Gasteiger partial charge in [-0.15, -0.1) is 0 Å². The van der Waals surface area contributed by atoms with Crippen molar-refractivity contribution in [2.75, 3.05) is 64.7 Å². The number of aromatic nitrogens is 3. The summed E-state index contributed by atoms with van der Waals surface area (Å²) in [6.07, 6.45) is 2.95.